The number of para-hydroxylation sites is 1. The minimum atomic E-state index is 0.821. The summed E-state index contributed by atoms with van der Waals surface area (Å²) in [7, 11) is 0. The number of nitrogens with zero attached hydrogens (tertiary/aromatic N) is 1. The van der Waals surface area contributed by atoms with Gasteiger partial charge in [0, 0.05) is 11.6 Å². The van der Waals surface area contributed by atoms with Crippen LogP contribution in [0.5, 0.6) is 0 Å². The molecule has 78 valence electrons. The monoisotopic (exact) mass is 209 g/mol. The maximum atomic E-state index is 5.73. The maximum absolute atomic E-state index is 5.73. The van der Waals surface area contributed by atoms with Crippen molar-refractivity contribution in [3.05, 3.63) is 54.2 Å². The molecule has 0 amide bonds. The summed E-state index contributed by atoms with van der Waals surface area (Å²) in [6.45, 7) is 2.02. The zero-order valence-electron chi connectivity index (χ0n) is 8.97. The van der Waals surface area contributed by atoms with Crippen molar-refractivity contribution in [2.75, 3.05) is 0 Å². The molecule has 2 heterocycles. The van der Waals surface area contributed by atoms with Gasteiger partial charge in [0.15, 0.2) is 5.76 Å². The SMILES string of the molecule is Cc1ccc(-c2cc3ccccc3o2)nc1. The van der Waals surface area contributed by atoms with Gasteiger partial charge in [0.2, 0.25) is 0 Å². The lowest BCUT2D eigenvalue weighted by atomic mass is 10.2. The van der Waals surface area contributed by atoms with E-state index in [0.29, 0.717) is 0 Å². The molecule has 2 nitrogen and oxygen atoms in total. The molecule has 0 spiro atoms. The van der Waals surface area contributed by atoms with E-state index in [4.69, 9.17) is 4.42 Å². The van der Waals surface area contributed by atoms with Crippen LogP contribution in [0.15, 0.2) is 53.1 Å². The smallest absolute Gasteiger partial charge is 0.153 e. The molecule has 0 radical (unpaired) electrons. The average molecular weight is 209 g/mol. The summed E-state index contributed by atoms with van der Waals surface area (Å²) in [4.78, 5) is 4.35. The van der Waals surface area contributed by atoms with Crippen LogP contribution in [0.2, 0.25) is 0 Å². The van der Waals surface area contributed by atoms with Crippen LogP contribution in [0.25, 0.3) is 22.4 Å². The summed E-state index contributed by atoms with van der Waals surface area (Å²) < 4.78 is 5.73. The molecule has 0 unspecified atom stereocenters. The maximum Gasteiger partial charge on any atom is 0.153 e. The highest BCUT2D eigenvalue weighted by Gasteiger charge is 2.05. The van der Waals surface area contributed by atoms with Crippen molar-refractivity contribution in [3.63, 3.8) is 0 Å². The molecular weight excluding hydrogens is 198 g/mol. The number of hydrogen-bond donors (Lipinski definition) is 0. The van der Waals surface area contributed by atoms with Crippen LogP contribution in [0, 0.1) is 6.92 Å². The molecule has 2 aromatic heterocycles. The van der Waals surface area contributed by atoms with Crippen molar-refractivity contribution in [1.29, 1.82) is 0 Å². The van der Waals surface area contributed by atoms with Crippen LogP contribution in [-0.4, -0.2) is 4.98 Å². The quantitative estimate of drug-likeness (QED) is 0.609. The van der Waals surface area contributed by atoms with Gasteiger partial charge in [-0.05, 0) is 30.7 Å². The fourth-order valence-electron chi connectivity index (χ4n) is 1.72. The number of aryl methyl sites for hydroxylation is 1. The minimum absolute atomic E-state index is 0.821. The van der Waals surface area contributed by atoms with Crippen molar-refractivity contribution >= 4 is 11.0 Å². The highest BCUT2D eigenvalue weighted by molar-refractivity contribution is 5.81. The summed E-state index contributed by atoms with van der Waals surface area (Å²) in [5, 5.41) is 1.11. The second kappa shape index (κ2) is 3.49. The Morgan fingerprint density at radius 1 is 1.06 bits per heavy atom. The van der Waals surface area contributed by atoms with Crippen molar-refractivity contribution in [1.82, 2.24) is 4.98 Å². The Kier molecular flexibility index (Phi) is 2.00. The van der Waals surface area contributed by atoms with E-state index in [1.54, 1.807) is 0 Å². The lowest BCUT2D eigenvalue weighted by Gasteiger charge is -1.95. The average Bonchev–Trinajstić information content (AvgIpc) is 2.73. The van der Waals surface area contributed by atoms with Gasteiger partial charge in [-0.25, -0.2) is 0 Å². The summed E-state index contributed by atoms with van der Waals surface area (Å²) in [5.74, 6) is 0.821. The number of fused-ring (bicyclic) bond motifs is 1. The summed E-state index contributed by atoms with van der Waals surface area (Å²) in [5.41, 5.74) is 2.93. The van der Waals surface area contributed by atoms with E-state index < -0.39 is 0 Å². The second-order valence-corrected chi connectivity index (χ2v) is 3.87. The van der Waals surface area contributed by atoms with Gasteiger partial charge in [0.25, 0.3) is 0 Å². The fourth-order valence-corrected chi connectivity index (χ4v) is 1.72. The summed E-state index contributed by atoms with van der Waals surface area (Å²) in [6, 6.07) is 14.0. The Morgan fingerprint density at radius 3 is 2.69 bits per heavy atom. The van der Waals surface area contributed by atoms with Gasteiger partial charge in [-0.15, -0.1) is 0 Å². The first-order valence-corrected chi connectivity index (χ1v) is 5.24. The Labute approximate surface area is 93.5 Å². The van der Waals surface area contributed by atoms with Gasteiger partial charge in [0.1, 0.15) is 11.3 Å². The third kappa shape index (κ3) is 1.48. The Balaban J connectivity index is 2.15. The van der Waals surface area contributed by atoms with Crippen LogP contribution >= 0.6 is 0 Å². The Morgan fingerprint density at radius 2 is 1.94 bits per heavy atom. The first-order chi connectivity index (χ1) is 7.83. The zero-order chi connectivity index (χ0) is 11.0. The topological polar surface area (TPSA) is 26.0 Å². The normalized spacial score (nSPS) is 10.8. The van der Waals surface area contributed by atoms with Crippen LogP contribution in [0.1, 0.15) is 5.56 Å². The zero-order valence-corrected chi connectivity index (χ0v) is 8.97. The molecule has 0 aliphatic carbocycles. The third-order valence-electron chi connectivity index (χ3n) is 2.59. The molecular formula is C14H11NO. The van der Waals surface area contributed by atoms with E-state index in [1.165, 1.54) is 0 Å². The lowest BCUT2D eigenvalue weighted by Crippen LogP contribution is -1.80. The molecule has 0 atom stereocenters. The van der Waals surface area contributed by atoms with Gasteiger partial charge in [-0.3, -0.25) is 4.98 Å². The highest BCUT2D eigenvalue weighted by atomic mass is 16.3. The van der Waals surface area contributed by atoms with Gasteiger partial charge in [-0.1, -0.05) is 24.3 Å². The lowest BCUT2D eigenvalue weighted by molar-refractivity contribution is 0.628. The van der Waals surface area contributed by atoms with Crippen molar-refractivity contribution in [3.8, 4) is 11.5 Å². The minimum Gasteiger partial charge on any atom is -0.454 e. The number of pyridine rings is 1. The fraction of sp³-hybridized carbons (Fsp3) is 0.0714. The first-order valence-electron chi connectivity index (χ1n) is 5.24. The Hall–Kier alpha value is -2.09. The molecule has 16 heavy (non-hydrogen) atoms. The van der Waals surface area contributed by atoms with Crippen LogP contribution < -0.4 is 0 Å². The predicted molar refractivity (Wildman–Crippen MR) is 64.2 cm³/mol. The van der Waals surface area contributed by atoms with Gasteiger partial charge in [0.05, 0.1) is 0 Å². The second-order valence-electron chi connectivity index (χ2n) is 3.87. The molecule has 0 N–H and O–H groups in total. The van der Waals surface area contributed by atoms with E-state index in [2.05, 4.69) is 4.98 Å². The number of rotatable bonds is 1. The summed E-state index contributed by atoms with van der Waals surface area (Å²) in [6.07, 6.45) is 1.85. The van der Waals surface area contributed by atoms with E-state index in [9.17, 15) is 0 Å². The molecule has 0 fully saturated rings. The first kappa shape index (κ1) is 9.16. The van der Waals surface area contributed by atoms with E-state index in [0.717, 1.165) is 28.0 Å². The molecule has 0 saturated heterocycles. The van der Waals surface area contributed by atoms with Crippen molar-refractivity contribution in [2.45, 2.75) is 6.92 Å². The van der Waals surface area contributed by atoms with Crippen LogP contribution in [-0.2, 0) is 0 Å². The molecule has 2 heteroatoms. The number of aromatic nitrogens is 1. The van der Waals surface area contributed by atoms with Gasteiger partial charge < -0.3 is 4.42 Å². The predicted octanol–water partition coefficient (Wildman–Crippen LogP) is 3.80. The number of furan rings is 1. The highest BCUT2D eigenvalue weighted by Crippen LogP contribution is 2.26. The van der Waals surface area contributed by atoms with Gasteiger partial charge >= 0.3 is 0 Å². The molecule has 0 saturated carbocycles. The van der Waals surface area contributed by atoms with Crippen LogP contribution in [0.3, 0.4) is 0 Å². The van der Waals surface area contributed by atoms with E-state index in [-0.39, 0.29) is 0 Å². The summed E-state index contributed by atoms with van der Waals surface area (Å²) >= 11 is 0. The number of benzene rings is 1. The van der Waals surface area contributed by atoms with Crippen LogP contribution in [0.4, 0.5) is 0 Å². The molecule has 3 rings (SSSR count). The number of hydrogen-bond acceptors (Lipinski definition) is 2. The molecule has 3 aromatic rings. The molecule has 0 aliphatic heterocycles. The molecule has 0 bridgehead atoms. The van der Waals surface area contributed by atoms with Crippen molar-refractivity contribution in [2.24, 2.45) is 0 Å². The van der Waals surface area contributed by atoms with Gasteiger partial charge in [-0.2, -0.15) is 0 Å². The molecule has 0 aliphatic rings. The van der Waals surface area contributed by atoms with E-state index in [1.807, 2.05) is 55.6 Å². The molecule has 1 aromatic carbocycles. The van der Waals surface area contributed by atoms with E-state index >= 15 is 0 Å². The Bertz CT molecular complexity index is 590. The van der Waals surface area contributed by atoms with Crippen molar-refractivity contribution < 1.29 is 4.42 Å². The largest absolute Gasteiger partial charge is 0.454 e. The standard InChI is InChI=1S/C14H11NO/c1-10-6-7-12(15-9-10)14-8-11-4-2-3-5-13(11)16-14/h2-9H,1H3. The third-order valence-corrected chi connectivity index (χ3v) is 2.59.